The molecule has 3 aromatic heterocycles. The second kappa shape index (κ2) is 7.90. The van der Waals surface area contributed by atoms with E-state index >= 15 is 0 Å². The van der Waals surface area contributed by atoms with Crippen LogP contribution in [-0.2, 0) is 18.3 Å². The number of amides is 1. The van der Waals surface area contributed by atoms with Gasteiger partial charge in [0.15, 0.2) is 0 Å². The molecule has 0 unspecified atom stereocenters. The molecule has 2 N–H and O–H groups in total. The van der Waals surface area contributed by atoms with Crippen molar-refractivity contribution in [2.24, 2.45) is 7.05 Å². The van der Waals surface area contributed by atoms with Gasteiger partial charge in [-0.05, 0) is 24.3 Å². The highest BCUT2D eigenvalue weighted by molar-refractivity contribution is 6.07. The Bertz CT molecular complexity index is 1360. The minimum atomic E-state index is -0.0960. The van der Waals surface area contributed by atoms with Gasteiger partial charge in [-0.3, -0.25) is 9.78 Å². The van der Waals surface area contributed by atoms with Crippen molar-refractivity contribution in [1.82, 2.24) is 19.9 Å². The Hall–Kier alpha value is -3.91. The number of aromatic nitrogens is 3. The Morgan fingerprint density at radius 3 is 2.76 bits per heavy atom. The molecule has 0 bridgehead atoms. The second-order valence-electron chi connectivity index (χ2n) is 8.35. The third kappa shape index (κ3) is 3.39. The predicted octanol–water partition coefficient (Wildman–Crippen LogP) is 3.46. The lowest BCUT2D eigenvalue weighted by Crippen LogP contribution is -2.36. The number of ether oxygens (including phenoxy) is 1. The molecule has 1 fully saturated rings. The zero-order valence-electron chi connectivity index (χ0n) is 18.3. The van der Waals surface area contributed by atoms with Crippen molar-refractivity contribution in [3.63, 3.8) is 0 Å². The highest BCUT2D eigenvalue weighted by Crippen LogP contribution is 2.36. The van der Waals surface area contributed by atoms with Crippen molar-refractivity contribution in [2.45, 2.75) is 6.54 Å². The number of aryl methyl sites for hydroxylation is 1. The summed E-state index contributed by atoms with van der Waals surface area (Å²) < 4.78 is 7.51. The number of carbonyl (C=O) groups is 1. The van der Waals surface area contributed by atoms with Crippen molar-refractivity contribution in [1.29, 1.82) is 0 Å². The minimum absolute atomic E-state index is 0.0960. The van der Waals surface area contributed by atoms with Gasteiger partial charge in [-0.25, -0.2) is 4.98 Å². The summed E-state index contributed by atoms with van der Waals surface area (Å²) in [6.07, 6.45) is 5.63. The molecule has 8 nitrogen and oxygen atoms in total. The summed E-state index contributed by atoms with van der Waals surface area (Å²) in [4.78, 5) is 24.4. The molecule has 0 spiro atoms. The minimum Gasteiger partial charge on any atom is -0.378 e. The second-order valence-corrected chi connectivity index (χ2v) is 8.35. The van der Waals surface area contributed by atoms with Crippen LogP contribution >= 0.6 is 0 Å². The number of anilines is 3. The van der Waals surface area contributed by atoms with E-state index in [2.05, 4.69) is 43.3 Å². The molecule has 8 heteroatoms. The molecule has 166 valence electrons. The molecule has 1 saturated heterocycles. The molecule has 5 heterocycles. The molecule has 0 aliphatic carbocycles. The van der Waals surface area contributed by atoms with E-state index in [1.54, 1.807) is 6.20 Å². The van der Waals surface area contributed by atoms with E-state index in [-0.39, 0.29) is 5.91 Å². The summed E-state index contributed by atoms with van der Waals surface area (Å²) in [6.45, 7) is 3.65. The summed E-state index contributed by atoms with van der Waals surface area (Å²) in [5, 5.41) is 7.39. The molecule has 0 atom stereocenters. The summed E-state index contributed by atoms with van der Waals surface area (Å²) in [5.41, 5.74) is 6.26. The highest BCUT2D eigenvalue weighted by atomic mass is 16.5. The van der Waals surface area contributed by atoms with Crippen LogP contribution in [0.5, 0.6) is 0 Å². The van der Waals surface area contributed by atoms with Crippen molar-refractivity contribution in [3.05, 3.63) is 66.1 Å². The molecular weight excluding hydrogens is 416 g/mol. The standard InChI is InChI=1S/C25H24N6O2/c1-30-8-7-17-18(3-2-4-21(17)30)24-19-14-28-25(32)23(19)20(15-27-24)29-22-6-5-16(13-26-22)31-9-11-33-12-10-31/h2-8,13,15H,9-12,14H2,1H3,(H,26,29)(H,28,32). The number of hydrogen-bond acceptors (Lipinski definition) is 6. The SMILES string of the molecule is Cn1ccc2c(-c3ncc(Nc4ccc(N5CCOCC5)cn4)c4c3CNC4=O)cccc21. The maximum atomic E-state index is 12.8. The molecule has 2 aliphatic heterocycles. The lowest BCUT2D eigenvalue weighted by atomic mass is 9.99. The normalized spacial score (nSPS) is 15.5. The average Bonchev–Trinajstić information content (AvgIpc) is 3.44. The van der Waals surface area contributed by atoms with Gasteiger partial charge in [0.2, 0.25) is 0 Å². The quantitative estimate of drug-likeness (QED) is 0.506. The Morgan fingerprint density at radius 2 is 1.94 bits per heavy atom. The number of fused-ring (bicyclic) bond motifs is 2. The smallest absolute Gasteiger partial charge is 0.254 e. The van der Waals surface area contributed by atoms with Crippen LogP contribution < -0.4 is 15.5 Å². The van der Waals surface area contributed by atoms with Crippen LogP contribution in [0.1, 0.15) is 15.9 Å². The molecule has 0 saturated carbocycles. The fourth-order valence-corrected chi connectivity index (χ4v) is 4.68. The number of nitrogens with zero attached hydrogens (tertiary/aromatic N) is 4. The van der Waals surface area contributed by atoms with Gasteiger partial charge in [0.05, 0.1) is 48.2 Å². The Balaban J connectivity index is 1.35. The number of nitrogens with one attached hydrogen (secondary N) is 2. The largest absolute Gasteiger partial charge is 0.378 e. The number of rotatable bonds is 4. The molecule has 2 aliphatic rings. The zero-order valence-corrected chi connectivity index (χ0v) is 18.3. The number of morpholine rings is 1. The summed E-state index contributed by atoms with van der Waals surface area (Å²) >= 11 is 0. The zero-order chi connectivity index (χ0) is 22.4. The van der Waals surface area contributed by atoms with E-state index in [1.165, 1.54) is 0 Å². The van der Waals surface area contributed by atoms with Gasteiger partial charge in [-0.15, -0.1) is 0 Å². The van der Waals surface area contributed by atoms with Gasteiger partial charge in [-0.1, -0.05) is 12.1 Å². The van der Waals surface area contributed by atoms with Crippen molar-refractivity contribution in [3.8, 4) is 11.3 Å². The van der Waals surface area contributed by atoms with Gasteiger partial charge in [0.1, 0.15) is 5.82 Å². The number of hydrogen-bond donors (Lipinski definition) is 2. The van der Waals surface area contributed by atoms with Crippen LogP contribution in [0.15, 0.2) is 55.0 Å². The van der Waals surface area contributed by atoms with Crippen LogP contribution in [0.4, 0.5) is 17.2 Å². The fraction of sp³-hybridized carbons (Fsp3) is 0.240. The Kier molecular flexibility index (Phi) is 4.73. The van der Waals surface area contributed by atoms with Crippen LogP contribution in [0.25, 0.3) is 22.2 Å². The van der Waals surface area contributed by atoms with Gasteiger partial charge < -0.3 is 24.8 Å². The highest BCUT2D eigenvalue weighted by Gasteiger charge is 2.28. The molecular formula is C25H24N6O2. The summed E-state index contributed by atoms with van der Waals surface area (Å²) in [6, 6.07) is 12.2. The van der Waals surface area contributed by atoms with Crippen LogP contribution in [0.3, 0.4) is 0 Å². The number of carbonyl (C=O) groups excluding carboxylic acids is 1. The third-order valence-corrected chi connectivity index (χ3v) is 6.40. The van der Waals surface area contributed by atoms with Crippen molar-refractivity contribution >= 4 is 34.0 Å². The lowest BCUT2D eigenvalue weighted by Gasteiger charge is -2.28. The maximum absolute atomic E-state index is 12.8. The number of pyridine rings is 2. The number of benzene rings is 1. The lowest BCUT2D eigenvalue weighted by molar-refractivity contribution is 0.0966. The first kappa shape index (κ1) is 19.8. The van der Waals surface area contributed by atoms with Crippen molar-refractivity contribution in [2.75, 3.05) is 36.5 Å². The molecule has 4 aromatic rings. The fourth-order valence-electron chi connectivity index (χ4n) is 4.68. The molecule has 1 aromatic carbocycles. The Labute approximate surface area is 191 Å². The third-order valence-electron chi connectivity index (χ3n) is 6.40. The monoisotopic (exact) mass is 440 g/mol. The summed E-state index contributed by atoms with van der Waals surface area (Å²) in [7, 11) is 2.03. The first-order valence-corrected chi connectivity index (χ1v) is 11.1. The maximum Gasteiger partial charge on any atom is 0.254 e. The average molecular weight is 441 g/mol. The van der Waals surface area contributed by atoms with Crippen molar-refractivity contribution < 1.29 is 9.53 Å². The molecule has 6 rings (SSSR count). The van der Waals surface area contributed by atoms with Gasteiger partial charge in [-0.2, -0.15) is 0 Å². The Morgan fingerprint density at radius 1 is 1.06 bits per heavy atom. The molecule has 33 heavy (non-hydrogen) atoms. The molecule has 0 radical (unpaired) electrons. The summed E-state index contributed by atoms with van der Waals surface area (Å²) in [5.74, 6) is 0.579. The van der Waals surface area contributed by atoms with Gasteiger partial charge >= 0.3 is 0 Å². The first-order valence-electron chi connectivity index (χ1n) is 11.1. The van der Waals surface area contributed by atoms with E-state index in [4.69, 9.17) is 9.72 Å². The predicted molar refractivity (Wildman–Crippen MR) is 128 cm³/mol. The topological polar surface area (TPSA) is 84.3 Å². The van der Waals surface area contributed by atoms with Crippen LogP contribution in [-0.4, -0.2) is 46.7 Å². The molecule has 1 amide bonds. The van der Waals surface area contributed by atoms with Gasteiger partial charge in [0, 0.05) is 54.9 Å². The van der Waals surface area contributed by atoms with E-state index in [9.17, 15) is 4.79 Å². The van der Waals surface area contributed by atoms with E-state index in [0.717, 1.165) is 59.7 Å². The first-order chi connectivity index (χ1) is 16.2. The van der Waals surface area contributed by atoms with E-state index < -0.39 is 0 Å². The van der Waals surface area contributed by atoms with Crippen LogP contribution in [0.2, 0.25) is 0 Å². The van der Waals surface area contributed by atoms with E-state index in [0.29, 0.717) is 23.6 Å². The van der Waals surface area contributed by atoms with Crippen LogP contribution in [0, 0.1) is 0 Å². The van der Waals surface area contributed by atoms with E-state index in [1.807, 2.05) is 37.6 Å². The van der Waals surface area contributed by atoms with Gasteiger partial charge in [0.25, 0.3) is 5.91 Å².